The first-order chi connectivity index (χ1) is 16.1. The number of rotatable bonds is 7. The Kier molecular flexibility index (Phi) is 7.47. The summed E-state index contributed by atoms with van der Waals surface area (Å²) in [7, 11) is 0. The van der Waals surface area contributed by atoms with E-state index in [4.69, 9.17) is 9.94 Å². The molecule has 1 saturated heterocycles. The van der Waals surface area contributed by atoms with E-state index in [1.807, 2.05) is 18.2 Å². The molecular weight excluding hydrogens is 418 g/mol. The number of hydroxylamine groups is 1. The lowest BCUT2D eigenvalue weighted by atomic mass is 10.0. The van der Waals surface area contributed by atoms with Crippen LogP contribution in [-0.4, -0.2) is 48.2 Å². The van der Waals surface area contributed by atoms with Crippen LogP contribution in [0.15, 0.2) is 78.9 Å². The molecule has 4 rings (SSSR count). The number of morpholine rings is 1. The highest BCUT2D eigenvalue weighted by molar-refractivity contribution is 5.98. The van der Waals surface area contributed by atoms with Gasteiger partial charge in [-0.15, -0.1) is 0 Å². The minimum atomic E-state index is -0.998. The van der Waals surface area contributed by atoms with Gasteiger partial charge in [-0.3, -0.25) is 19.7 Å². The smallest absolute Gasteiger partial charge is 0.270 e. The maximum absolute atomic E-state index is 12.7. The number of hydrogen-bond acceptors (Lipinski definition) is 5. The molecule has 1 unspecified atom stereocenters. The van der Waals surface area contributed by atoms with Crippen LogP contribution in [-0.2, 0) is 16.1 Å². The summed E-state index contributed by atoms with van der Waals surface area (Å²) in [6.07, 6.45) is 0. The van der Waals surface area contributed by atoms with Crippen molar-refractivity contribution in [3.8, 4) is 11.1 Å². The molecule has 3 aromatic rings. The fourth-order valence-corrected chi connectivity index (χ4v) is 3.86. The molecule has 7 nitrogen and oxygen atoms in total. The van der Waals surface area contributed by atoms with Gasteiger partial charge in [0.15, 0.2) is 0 Å². The molecule has 0 aliphatic carbocycles. The molecule has 2 amide bonds. The van der Waals surface area contributed by atoms with Gasteiger partial charge in [0.25, 0.3) is 11.8 Å². The zero-order valence-electron chi connectivity index (χ0n) is 18.2. The third-order valence-corrected chi connectivity index (χ3v) is 5.72. The molecule has 170 valence electrons. The van der Waals surface area contributed by atoms with Crippen LogP contribution < -0.4 is 10.8 Å². The van der Waals surface area contributed by atoms with Gasteiger partial charge < -0.3 is 10.1 Å². The number of hydrogen-bond donors (Lipinski definition) is 3. The highest BCUT2D eigenvalue weighted by Gasteiger charge is 2.23. The lowest BCUT2D eigenvalue weighted by Gasteiger charge is -2.26. The Bertz CT molecular complexity index is 1060. The summed E-state index contributed by atoms with van der Waals surface area (Å²) < 4.78 is 5.40. The fourth-order valence-electron chi connectivity index (χ4n) is 3.86. The third-order valence-electron chi connectivity index (χ3n) is 5.72. The number of amides is 2. The standard InChI is InChI=1S/C26H27N3O4/c30-25(27-24(26(31)28-32)22-4-2-1-3-5-22)23-12-10-21(11-13-23)20-8-6-19(7-9-20)18-29-14-16-33-17-15-29/h1-13,24,32H,14-18H2,(H,27,30)(H,28,31). The number of nitrogens with one attached hydrogen (secondary N) is 2. The van der Waals surface area contributed by atoms with E-state index in [1.54, 1.807) is 41.9 Å². The lowest BCUT2D eigenvalue weighted by Crippen LogP contribution is -2.39. The zero-order chi connectivity index (χ0) is 23.0. The Morgan fingerprint density at radius 2 is 1.48 bits per heavy atom. The Hall–Kier alpha value is -3.52. The predicted molar refractivity (Wildman–Crippen MR) is 125 cm³/mol. The van der Waals surface area contributed by atoms with Crippen LogP contribution >= 0.6 is 0 Å². The molecular formula is C26H27N3O4. The van der Waals surface area contributed by atoms with Crippen molar-refractivity contribution in [1.82, 2.24) is 15.7 Å². The Morgan fingerprint density at radius 1 is 0.879 bits per heavy atom. The minimum absolute atomic E-state index is 0.403. The topological polar surface area (TPSA) is 90.9 Å². The second-order valence-electron chi connectivity index (χ2n) is 7.96. The predicted octanol–water partition coefficient (Wildman–Crippen LogP) is 3.16. The molecule has 0 saturated carbocycles. The fraction of sp³-hybridized carbons (Fsp3) is 0.231. The maximum atomic E-state index is 12.7. The van der Waals surface area contributed by atoms with Crippen molar-refractivity contribution >= 4 is 11.8 Å². The summed E-state index contributed by atoms with van der Waals surface area (Å²) in [6, 6.07) is 23.4. The van der Waals surface area contributed by atoms with Gasteiger partial charge in [-0.25, -0.2) is 5.48 Å². The zero-order valence-corrected chi connectivity index (χ0v) is 18.2. The number of carbonyl (C=O) groups excluding carboxylic acids is 2. The summed E-state index contributed by atoms with van der Waals surface area (Å²) in [4.78, 5) is 27.2. The quantitative estimate of drug-likeness (QED) is 0.384. The summed E-state index contributed by atoms with van der Waals surface area (Å²) in [6.45, 7) is 4.39. The maximum Gasteiger partial charge on any atom is 0.270 e. The van der Waals surface area contributed by atoms with Crippen molar-refractivity contribution in [2.24, 2.45) is 0 Å². The second kappa shape index (κ2) is 10.9. The Morgan fingerprint density at radius 3 is 2.09 bits per heavy atom. The van der Waals surface area contributed by atoms with Crippen LogP contribution in [0.5, 0.6) is 0 Å². The van der Waals surface area contributed by atoms with Gasteiger partial charge >= 0.3 is 0 Å². The average molecular weight is 446 g/mol. The van der Waals surface area contributed by atoms with E-state index in [9.17, 15) is 9.59 Å². The van der Waals surface area contributed by atoms with E-state index in [0.717, 1.165) is 44.0 Å². The first kappa shape index (κ1) is 22.7. The molecule has 7 heteroatoms. The van der Waals surface area contributed by atoms with E-state index in [2.05, 4.69) is 34.5 Å². The Labute approximate surface area is 193 Å². The normalized spacial score (nSPS) is 14.9. The third kappa shape index (κ3) is 5.84. The highest BCUT2D eigenvalue weighted by atomic mass is 16.5. The molecule has 33 heavy (non-hydrogen) atoms. The van der Waals surface area contributed by atoms with Crippen molar-refractivity contribution in [2.75, 3.05) is 26.3 Å². The van der Waals surface area contributed by atoms with Gasteiger partial charge in [-0.1, -0.05) is 66.7 Å². The Balaban J connectivity index is 1.41. The molecule has 1 aliphatic heterocycles. The van der Waals surface area contributed by atoms with Crippen molar-refractivity contribution in [3.63, 3.8) is 0 Å². The van der Waals surface area contributed by atoms with Gasteiger partial charge in [0, 0.05) is 25.2 Å². The molecule has 3 N–H and O–H groups in total. The van der Waals surface area contributed by atoms with Gasteiger partial charge in [0.1, 0.15) is 6.04 Å². The molecule has 1 fully saturated rings. The largest absolute Gasteiger partial charge is 0.379 e. The van der Waals surface area contributed by atoms with E-state index in [1.165, 1.54) is 5.56 Å². The summed E-state index contributed by atoms with van der Waals surface area (Å²) >= 11 is 0. The second-order valence-corrected chi connectivity index (χ2v) is 7.96. The molecule has 0 aromatic heterocycles. The van der Waals surface area contributed by atoms with Crippen molar-refractivity contribution < 1.29 is 19.5 Å². The van der Waals surface area contributed by atoms with Crippen LogP contribution in [0.4, 0.5) is 0 Å². The van der Waals surface area contributed by atoms with Crippen LogP contribution in [0.1, 0.15) is 27.5 Å². The molecule has 0 spiro atoms. The van der Waals surface area contributed by atoms with Crippen LogP contribution in [0.3, 0.4) is 0 Å². The van der Waals surface area contributed by atoms with Crippen LogP contribution in [0.2, 0.25) is 0 Å². The van der Waals surface area contributed by atoms with E-state index >= 15 is 0 Å². The highest BCUT2D eigenvalue weighted by Crippen LogP contribution is 2.22. The first-order valence-electron chi connectivity index (χ1n) is 10.9. The monoisotopic (exact) mass is 445 g/mol. The number of nitrogens with zero attached hydrogens (tertiary/aromatic N) is 1. The molecule has 0 bridgehead atoms. The van der Waals surface area contributed by atoms with Crippen LogP contribution in [0.25, 0.3) is 11.1 Å². The first-order valence-corrected chi connectivity index (χ1v) is 10.9. The van der Waals surface area contributed by atoms with Crippen LogP contribution in [0, 0.1) is 0 Å². The average Bonchev–Trinajstić information content (AvgIpc) is 2.88. The van der Waals surface area contributed by atoms with Gasteiger partial charge in [-0.05, 0) is 34.4 Å². The van der Waals surface area contributed by atoms with E-state index < -0.39 is 17.9 Å². The minimum Gasteiger partial charge on any atom is -0.379 e. The van der Waals surface area contributed by atoms with E-state index in [-0.39, 0.29) is 0 Å². The molecule has 0 radical (unpaired) electrons. The SMILES string of the molecule is O=C(NC(C(=O)NO)c1ccccc1)c1ccc(-c2ccc(CN3CCOCC3)cc2)cc1. The molecule has 1 atom stereocenters. The number of carbonyl (C=O) groups is 2. The van der Waals surface area contributed by atoms with E-state index in [0.29, 0.717) is 11.1 Å². The molecule has 1 heterocycles. The number of benzene rings is 3. The van der Waals surface area contributed by atoms with Crippen molar-refractivity contribution in [2.45, 2.75) is 12.6 Å². The summed E-state index contributed by atoms with van der Waals surface area (Å²) in [5.41, 5.74) is 5.94. The molecule has 3 aromatic carbocycles. The van der Waals surface area contributed by atoms with Crippen molar-refractivity contribution in [1.29, 1.82) is 0 Å². The van der Waals surface area contributed by atoms with Gasteiger partial charge in [-0.2, -0.15) is 0 Å². The van der Waals surface area contributed by atoms with Gasteiger partial charge in [0.2, 0.25) is 0 Å². The summed E-state index contributed by atoms with van der Waals surface area (Å²) in [5, 5.41) is 11.7. The summed E-state index contributed by atoms with van der Waals surface area (Å²) in [5.74, 6) is -1.11. The number of ether oxygens (including phenoxy) is 1. The lowest BCUT2D eigenvalue weighted by molar-refractivity contribution is -0.131. The molecule has 1 aliphatic rings. The van der Waals surface area contributed by atoms with Crippen molar-refractivity contribution in [3.05, 3.63) is 95.6 Å². The van der Waals surface area contributed by atoms with Gasteiger partial charge in [0.05, 0.1) is 13.2 Å².